The first-order valence-corrected chi connectivity index (χ1v) is 12.4. The number of amides is 1. The van der Waals surface area contributed by atoms with E-state index in [4.69, 9.17) is 27.9 Å². The highest BCUT2D eigenvalue weighted by molar-refractivity contribution is 6.35. The van der Waals surface area contributed by atoms with Crippen molar-refractivity contribution in [1.29, 1.82) is 0 Å². The molecule has 1 aromatic heterocycles. The van der Waals surface area contributed by atoms with Crippen molar-refractivity contribution in [2.45, 2.75) is 45.6 Å². The normalized spacial score (nSPS) is 17.5. The summed E-state index contributed by atoms with van der Waals surface area (Å²) < 4.78 is 7.94. The second kappa shape index (κ2) is 10.5. The van der Waals surface area contributed by atoms with E-state index in [1.807, 2.05) is 0 Å². The number of ether oxygens (including phenoxy) is 1. The molecule has 0 spiro atoms. The van der Waals surface area contributed by atoms with Crippen LogP contribution in [0.1, 0.15) is 53.5 Å². The van der Waals surface area contributed by atoms with E-state index in [1.165, 1.54) is 31.4 Å². The molecule has 1 aromatic carbocycles. The van der Waals surface area contributed by atoms with E-state index in [0.29, 0.717) is 54.6 Å². The van der Waals surface area contributed by atoms with Gasteiger partial charge in [0, 0.05) is 54.2 Å². The lowest BCUT2D eigenvalue weighted by Gasteiger charge is -2.34. The van der Waals surface area contributed by atoms with Crippen LogP contribution >= 0.6 is 23.2 Å². The van der Waals surface area contributed by atoms with Crippen LogP contribution in [0.5, 0.6) is 5.75 Å². The monoisotopic (exact) mass is 491 g/mol. The molecule has 1 aliphatic heterocycles. The highest BCUT2D eigenvalue weighted by atomic mass is 35.5. The zero-order valence-corrected chi connectivity index (χ0v) is 20.8. The van der Waals surface area contributed by atoms with Crippen molar-refractivity contribution in [1.82, 2.24) is 14.4 Å². The number of aryl methyl sites for hydroxylation is 1. The molecule has 2 fully saturated rings. The molecule has 1 amide bonds. The predicted octanol–water partition coefficient (Wildman–Crippen LogP) is 4.93. The maximum absolute atomic E-state index is 13.1. The Morgan fingerprint density at radius 1 is 1.03 bits per heavy atom. The molecule has 2 aromatic rings. The molecule has 4 rings (SSSR count). The first-order valence-electron chi connectivity index (χ1n) is 11.6. The van der Waals surface area contributed by atoms with Crippen LogP contribution in [-0.4, -0.2) is 65.4 Å². The minimum Gasteiger partial charge on any atom is -0.482 e. The van der Waals surface area contributed by atoms with Gasteiger partial charge in [-0.05, 0) is 51.0 Å². The summed E-state index contributed by atoms with van der Waals surface area (Å²) in [6, 6.07) is 7.50. The van der Waals surface area contributed by atoms with E-state index in [1.54, 1.807) is 23.1 Å². The van der Waals surface area contributed by atoms with Gasteiger partial charge in [0.05, 0.1) is 11.6 Å². The Balaban J connectivity index is 1.27. The summed E-state index contributed by atoms with van der Waals surface area (Å²) in [6.45, 7) is 6.96. The maximum Gasteiger partial charge on any atom is 0.260 e. The molecule has 0 bridgehead atoms. The number of aromatic nitrogens is 1. The van der Waals surface area contributed by atoms with E-state index < -0.39 is 0 Å². The molecule has 8 heteroatoms. The Bertz CT molecular complexity index is 1020. The molecule has 0 unspecified atom stereocenters. The molecule has 0 radical (unpaired) electrons. The van der Waals surface area contributed by atoms with Crippen molar-refractivity contribution >= 4 is 34.9 Å². The molecule has 2 heterocycles. The highest BCUT2D eigenvalue weighted by Gasteiger charge is 2.26. The van der Waals surface area contributed by atoms with Crippen molar-refractivity contribution in [3.63, 3.8) is 0 Å². The quantitative estimate of drug-likeness (QED) is 0.515. The molecular weight excluding hydrogens is 461 g/mol. The molecule has 2 aliphatic rings. The zero-order valence-electron chi connectivity index (χ0n) is 19.3. The van der Waals surface area contributed by atoms with Gasteiger partial charge in [-0.25, -0.2) is 0 Å². The average molecular weight is 492 g/mol. The van der Waals surface area contributed by atoms with E-state index in [0.717, 1.165) is 11.3 Å². The molecule has 178 valence electrons. The van der Waals surface area contributed by atoms with E-state index in [9.17, 15) is 9.59 Å². The third-order valence-corrected chi connectivity index (χ3v) is 7.34. The summed E-state index contributed by atoms with van der Waals surface area (Å²) in [5, 5.41) is 0.899. The summed E-state index contributed by atoms with van der Waals surface area (Å²) in [7, 11) is 0. The third kappa shape index (κ3) is 5.56. The van der Waals surface area contributed by atoms with Crippen LogP contribution in [0.2, 0.25) is 10.0 Å². The van der Waals surface area contributed by atoms with Crippen LogP contribution in [0, 0.1) is 13.8 Å². The second-order valence-corrected chi connectivity index (χ2v) is 9.88. The standard InChI is InChI=1S/C25H31Cl2N3O3/c1-17-13-21(18(2)30(17)20-5-3-4-6-20)23(31)15-28-9-11-29(12-10-28)25(32)16-33-24-8-7-19(26)14-22(24)27/h7-8,13-14,20H,3-6,9-12,15-16H2,1-2H3. The first-order chi connectivity index (χ1) is 15.8. The van der Waals surface area contributed by atoms with Gasteiger partial charge in [0.1, 0.15) is 5.75 Å². The molecular formula is C25H31Cl2N3O3. The van der Waals surface area contributed by atoms with Gasteiger partial charge in [-0.2, -0.15) is 0 Å². The van der Waals surface area contributed by atoms with Gasteiger partial charge >= 0.3 is 0 Å². The molecule has 1 saturated heterocycles. The molecule has 6 nitrogen and oxygen atoms in total. The Morgan fingerprint density at radius 3 is 2.39 bits per heavy atom. The van der Waals surface area contributed by atoms with Crippen LogP contribution in [0.4, 0.5) is 0 Å². The Morgan fingerprint density at radius 2 is 1.73 bits per heavy atom. The summed E-state index contributed by atoms with van der Waals surface area (Å²) in [5.74, 6) is 0.508. The number of hydrogen-bond acceptors (Lipinski definition) is 4. The van der Waals surface area contributed by atoms with Gasteiger partial charge in [-0.15, -0.1) is 0 Å². The number of ketones is 1. The van der Waals surface area contributed by atoms with Crippen molar-refractivity contribution in [2.24, 2.45) is 0 Å². The fourth-order valence-electron chi connectivity index (χ4n) is 5.05. The van der Waals surface area contributed by atoms with Crippen LogP contribution in [0.3, 0.4) is 0 Å². The molecule has 33 heavy (non-hydrogen) atoms. The Kier molecular flexibility index (Phi) is 7.67. The Labute approximate surface area is 205 Å². The van der Waals surface area contributed by atoms with Crippen molar-refractivity contribution < 1.29 is 14.3 Å². The van der Waals surface area contributed by atoms with E-state index >= 15 is 0 Å². The number of benzene rings is 1. The van der Waals surface area contributed by atoms with Gasteiger partial charge in [0.25, 0.3) is 5.91 Å². The lowest BCUT2D eigenvalue weighted by atomic mass is 10.1. The van der Waals surface area contributed by atoms with Gasteiger partial charge in [-0.1, -0.05) is 36.0 Å². The van der Waals surface area contributed by atoms with Crippen molar-refractivity contribution in [2.75, 3.05) is 39.3 Å². The fourth-order valence-corrected chi connectivity index (χ4v) is 5.51. The van der Waals surface area contributed by atoms with Crippen LogP contribution in [0.25, 0.3) is 0 Å². The number of piperazine rings is 1. The van der Waals surface area contributed by atoms with Crippen LogP contribution < -0.4 is 4.74 Å². The number of hydrogen-bond donors (Lipinski definition) is 0. The lowest BCUT2D eigenvalue weighted by Crippen LogP contribution is -2.51. The number of carbonyl (C=O) groups excluding carboxylic acids is 2. The predicted molar refractivity (Wildman–Crippen MR) is 131 cm³/mol. The fraction of sp³-hybridized carbons (Fsp3) is 0.520. The van der Waals surface area contributed by atoms with E-state index in [2.05, 4.69) is 29.4 Å². The summed E-state index contributed by atoms with van der Waals surface area (Å²) in [5.41, 5.74) is 3.11. The topological polar surface area (TPSA) is 54.8 Å². The molecule has 0 N–H and O–H groups in total. The minimum atomic E-state index is -0.0906. The number of Topliss-reactive ketones (excluding diaryl/α,β-unsaturated/α-hetero) is 1. The van der Waals surface area contributed by atoms with Crippen LogP contribution in [-0.2, 0) is 4.79 Å². The third-order valence-electron chi connectivity index (χ3n) is 6.81. The van der Waals surface area contributed by atoms with E-state index in [-0.39, 0.29) is 18.3 Å². The Hall–Kier alpha value is -2.02. The summed E-state index contributed by atoms with van der Waals surface area (Å²) in [6.07, 6.45) is 4.94. The smallest absolute Gasteiger partial charge is 0.260 e. The maximum atomic E-state index is 13.1. The summed E-state index contributed by atoms with van der Waals surface area (Å²) in [4.78, 5) is 29.5. The highest BCUT2D eigenvalue weighted by Crippen LogP contribution is 2.33. The van der Waals surface area contributed by atoms with Crippen molar-refractivity contribution in [3.05, 3.63) is 51.3 Å². The number of rotatable bonds is 7. The van der Waals surface area contributed by atoms with Gasteiger partial charge in [0.2, 0.25) is 0 Å². The van der Waals surface area contributed by atoms with Gasteiger partial charge < -0.3 is 14.2 Å². The summed E-state index contributed by atoms with van der Waals surface area (Å²) >= 11 is 12.0. The number of carbonyl (C=O) groups is 2. The second-order valence-electron chi connectivity index (χ2n) is 9.04. The van der Waals surface area contributed by atoms with Crippen molar-refractivity contribution in [3.8, 4) is 5.75 Å². The number of nitrogens with zero attached hydrogens (tertiary/aromatic N) is 3. The van der Waals surface area contributed by atoms with Gasteiger partial charge in [-0.3, -0.25) is 14.5 Å². The first kappa shape index (κ1) is 24.1. The average Bonchev–Trinajstić information content (AvgIpc) is 3.41. The largest absolute Gasteiger partial charge is 0.482 e. The van der Waals surface area contributed by atoms with Crippen LogP contribution in [0.15, 0.2) is 24.3 Å². The molecule has 0 atom stereocenters. The zero-order chi connectivity index (χ0) is 23.5. The SMILES string of the molecule is Cc1cc(C(=O)CN2CCN(C(=O)COc3ccc(Cl)cc3Cl)CC2)c(C)n1C1CCCC1. The van der Waals surface area contributed by atoms with Gasteiger partial charge in [0.15, 0.2) is 12.4 Å². The number of halogens is 2. The minimum absolute atomic E-state index is 0.0760. The molecule has 1 aliphatic carbocycles. The lowest BCUT2D eigenvalue weighted by molar-refractivity contribution is -0.135. The molecule has 1 saturated carbocycles.